The molecule has 1 aliphatic rings. The van der Waals surface area contributed by atoms with Gasteiger partial charge in [0.05, 0.1) is 22.9 Å². The van der Waals surface area contributed by atoms with Crippen LogP contribution in [-0.2, 0) is 4.79 Å². The second-order valence-electron chi connectivity index (χ2n) is 2.91. The summed E-state index contributed by atoms with van der Waals surface area (Å²) in [6, 6.07) is 0. The summed E-state index contributed by atoms with van der Waals surface area (Å²) in [6.07, 6.45) is 6.11. The van der Waals surface area contributed by atoms with Crippen molar-refractivity contribution < 1.29 is 4.79 Å². The maximum Gasteiger partial charge on any atom is 0.230 e. The number of amides is 1. The first-order valence-electron chi connectivity index (χ1n) is 4.60. The van der Waals surface area contributed by atoms with Crippen LogP contribution in [0.25, 0.3) is 0 Å². The normalized spacial score (nSPS) is 22.6. The first-order valence-corrected chi connectivity index (χ1v) is 6.46. The van der Waals surface area contributed by atoms with Crippen LogP contribution in [0.2, 0.25) is 0 Å². The van der Waals surface area contributed by atoms with Crippen LogP contribution < -0.4 is 5.32 Å². The first-order chi connectivity index (χ1) is 7.21. The molecule has 1 heterocycles. The Morgan fingerprint density at radius 1 is 1.73 bits per heavy atom. The minimum Gasteiger partial charge on any atom is -0.324 e. The molecule has 3 nitrogen and oxygen atoms in total. The van der Waals surface area contributed by atoms with Crippen molar-refractivity contribution >= 4 is 36.0 Å². The molecule has 0 aliphatic carbocycles. The fourth-order valence-electron chi connectivity index (χ4n) is 1.23. The summed E-state index contributed by atoms with van der Waals surface area (Å²) < 4.78 is 0. The van der Waals surface area contributed by atoms with Crippen LogP contribution >= 0.6 is 24.4 Å². The fourth-order valence-corrected chi connectivity index (χ4v) is 1.85. The second-order valence-corrected chi connectivity index (χ2v) is 4.11. The van der Waals surface area contributed by atoms with Crippen molar-refractivity contribution in [3.05, 3.63) is 22.9 Å². The predicted octanol–water partition coefficient (Wildman–Crippen LogP) is 1.99. The monoisotopic (exact) mass is 242 g/mol. The number of nitrogens with zero attached hydrogens (tertiary/aromatic N) is 1. The van der Waals surface area contributed by atoms with Gasteiger partial charge in [-0.15, -0.1) is 11.8 Å². The number of allylic oxidation sites excluding steroid dienone is 2. The lowest BCUT2D eigenvalue weighted by molar-refractivity contribution is -0.118. The number of aliphatic imine (C=N–C) groups is 1. The Bertz CT molecular complexity index is 345. The molecule has 0 saturated carbocycles. The summed E-state index contributed by atoms with van der Waals surface area (Å²) in [7, 11) is 0. The van der Waals surface area contributed by atoms with Crippen LogP contribution in [0.3, 0.4) is 0 Å². The minimum absolute atomic E-state index is 0.00154. The Balaban J connectivity index is 2.93. The number of carbonyl (C=O) groups excluding carboxylic acids is 1. The SMILES string of the molecule is C\C=C(/N=C1/CC(=O)N/C1=C/CS)SC. The van der Waals surface area contributed by atoms with E-state index in [0.29, 0.717) is 12.2 Å². The molecule has 1 amide bonds. The van der Waals surface area contributed by atoms with Crippen LogP contribution in [0.5, 0.6) is 0 Å². The Morgan fingerprint density at radius 3 is 3.00 bits per heavy atom. The summed E-state index contributed by atoms with van der Waals surface area (Å²) in [6.45, 7) is 1.93. The summed E-state index contributed by atoms with van der Waals surface area (Å²) in [5.74, 6) is 0.595. The standard InChI is InChI=1S/C10H14N2OS2/c1-3-10(15-2)12-8-6-9(13)11-7(8)4-5-14/h3-4,14H,5-6H2,1-2H3,(H,11,13)/b7-4+,10-3+,12-8-. The van der Waals surface area contributed by atoms with Crippen LogP contribution in [0.15, 0.2) is 27.9 Å². The maximum absolute atomic E-state index is 11.2. The molecule has 1 rings (SSSR count). The molecule has 0 unspecified atom stereocenters. The highest BCUT2D eigenvalue weighted by molar-refractivity contribution is 8.02. The lowest BCUT2D eigenvalue weighted by atomic mass is 10.2. The molecule has 15 heavy (non-hydrogen) atoms. The van der Waals surface area contributed by atoms with Gasteiger partial charge in [0, 0.05) is 5.75 Å². The smallest absolute Gasteiger partial charge is 0.230 e. The van der Waals surface area contributed by atoms with Gasteiger partial charge in [-0.2, -0.15) is 12.6 Å². The third kappa shape index (κ3) is 3.43. The summed E-state index contributed by atoms with van der Waals surface area (Å²) in [4.78, 5) is 15.6. The van der Waals surface area contributed by atoms with Crippen molar-refractivity contribution in [1.29, 1.82) is 0 Å². The molecular formula is C10H14N2OS2. The van der Waals surface area contributed by atoms with Crippen molar-refractivity contribution in [3.63, 3.8) is 0 Å². The van der Waals surface area contributed by atoms with E-state index in [4.69, 9.17) is 0 Å². The summed E-state index contributed by atoms with van der Waals surface area (Å²) >= 11 is 5.67. The lowest BCUT2D eigenvalue weighted by Crippen LogP contribution is -2.12. The Hall–Kier alpha value is -0.680. The third-order valence-electron chi connectivity index (χ3n) is 1.91. The number of thiol groups is 1. The van der Waals surface area contributed by atoms with Crippen molar-refractivity contribution in [2.24, 2.45) is 4.99 Å². The number of nitrogens with one attached hydrogen (secondary N) is 1. The third-order valence-corrected chi connectivity index (χ3v) is 2.84. The van der Waals surface area contributed by atoms with Gasteiger partial charge in [0.1, 0.15) is 0 Å². The van der Waals surface area contributed by atoms with Crippen molar-refractivity contribution in [1.82, 2.24) is 5.32 Å². The average Bonchev–Trinajstić information content (AvgIpc) is 2.56. The number of carbonyl (C=O) groups is 1. The van der Waals surface area contributed by atoms with Gasteiger partial charge in [-0.25, -0.2) is 4.99 Å². The average molecular weight is 242 g/mol. The van der Waals surface area contributed by atoms with E-state index >= 15 is 0 Å². The molecule has 1 saturated heterocycles. The molecule has 5 heteroatoms. The number of thioether (sulfide) groups is 1. The molecule has 82 valence electrons. The number of rotatable bonds is 3. The zero-order valence-electron chi connectivity index (χ0n) is 8.78. The Morgan fingerprint density at radius 2 is 2.47 bits per heavy atom. The molecule has 0 spiro atoms. The van der Waals surface area contributed by atoms with Gasteiger partial charge in [0.15, 0.2) is 0 Å². The van der Waals surface area contributed by atoms with Gasteiger partial charge in [-0.1, -0.05) is 6.08 Å². The van der Waals surface area contributed by atoms with E-state index in [9.17, 15) is 4.79 Å². The molecule has 0 radical (unpaired) electrons. The fraction of sp³-hybridized carbons (Fsp3) is 0.400. The molecule has 0 bridgehead atoms. The van der Waals surface area contributed by atoms with E-state index in [1.165, 1.54) is 0 Å². The molecular weight excluding hydrogens is 228 g/mol. The maximum atomic E-state index is 11.2. The predicted molar refractivity (Wildman–Crippen MR) is 69.4 cm³/mol. The van der Waals surface area contributed by atoms with Gasteiger partial charge in [0.2, 0.25) is 5.91 Å². The highest BCUT2D eigenvalue weighted by atomic mass is 32.2. The van der Waals surface area contributed by atoms with Crippen LogP contribution in [0.1, 0.15) is 13.3 Å². The largest absolute Gasteiger partial charge is 0.324 e. The summed E-state index contributed by atoms with van der Waals surface area (Å²) in [5, 5.41) is 3.69. The minimum atomic E-state index is -0.00154. The Kier molecular flexibility index (Phi) is 4.98. The number of hydrogen-bond acceptors (Lipinski definition) is 4. The zero-order chi connectivity index (χ0) is 11.3. The molecule has 0 aromatic heterocycles. The molecule has 1 N–H and O–H groups in total. The molecule has 0 aromatic carbocycles. The van der Waals surface area contributed by atoms with Crippen LogP contribution in [0, 0.1) is 0 Å². The lowest BCUT2D eigenvalue weighted by Gasteiger charge is -2.00. The van der Waals surface area contributed by atoms with E-state index in [-0.39, 0.29) is 5.91 Å². The highest BCUT2D eigenvalue weighted by Crippen LogP contribution is 2.17. The zero-order valence-corrected chi connectivity index (χ0v) is 10.5. The molecule has 0 aromatic rings. The van der Waals surface area contributed by atoms with Crippen LogP contribution in [0.4, 0.5) is 0 Å². The van der Waals surface area contributed by atoms with E-state index < -0.39 is 0 Å². The van der Waals surface area contributed by atoms with Gasteiger partial charge in [-0.3, -0.25) is 4.79 Å². The topological polar surface area (TPSA) is 41.5 Å². The van der Waals surface area contributed by atoms with Gasteiger partial charge in [0.25, 0.3) is 0 Å². The van der Waals surface area contributed by atoms with E-state index in [2.05, 4.69) is 22.9 Å². The quantitative estimate of drug-likeness (QED) is 0.743. The van der Waals surface area contributed by atoms with Crippen molar-refractivity contribution in [2.45, 2.75) is 13.3 Å². The number of hydrogen-bond donors (Lipinski definition) is 2. The van der Waals surface area contributed by atoms with E-state index in [1.54, 1.807) is 11.8 Å². The van der Waals surface area contributed by atoms with Gasteiger partial charge < -0.3 is 5.32 Å². The van der Waals surface area contributed by atoms with E-state index in [0.717, 1.165) is 16.4 Å². The van der Waals surface area contributed by atoms with Crippen LogP contribution in [-0.4, -0.2) is 23.6 Å². The van der Waals surface area contributed by atoms with Gasteiger partial charge in [-0.05, 0) is 19.3 Å². The molecule has 1 aliphatic heterocycles. The summed E-state index contributed by atoms with van der Waals surface area (Å²) in [5.41, 5.74) is 1.60. The highest BCUT2D eigenvalue weighted by Gasteiger charge is 2.21. The Labute approximate surface area is 99.5 Å². The second kappa shape index (κ2) is 6.02. The molecule has 0 atom stereocenters. The molecule has 1 fully saturated rings. The van der Waals surface area contributed by atoms with Gasteiger partial charge >= 0.3 is 0 Å². The van der Waals surface area contributed by atoms with Crippen molar-refractivity contribution in [3.8, 4) is 0 Å². The first kappa shape index (κ1) is 12.4. The van der Waals surface area contributed by atoms with Crippen molar-refractivity contribution in [2.75, 3.05) is 12.0 Å². The van der Waals surface area contributed by atoms with E-state index in [1.807, 2.05) is 25.3 Å².